The summed E-state index contributed by atoms with van der Waals surface area (Å²) in [5, 5.41) is 0. The fourth-order valence-electron chi connectivity index (χ4n) is 1.73. The lowest BCUT2D eigenvalue weighted by Crippen LogP contribution is -2.12. The Bertz CT molecular complexity index is 383. The molecule has 0 saturated heterocycles. The predicted molar refractivity (Wildman–Crippen MR) is 58.4 cm³/mol. The quantitative estimate of drug-likeness (QED) is 0.678. The van der Waals surface area contributed by atoms with Crippen LogP contribution in [0.4, 0.5) is 11.4 Å². The standard InChI is InChI=1S/C11H14N2O/c1-8-9-6-14-7-12-10(9)4-5-11(8)13(2)3/h4-5,7H,6H2,1-3H3. The molecule has 3 heteroatoms. The third-order valence-electron chi connectivity index (χ3n) is 2.52. The highest BCUT2D eigenvalue weighted by Crippen LogP contribution is 2.31. The van der Waals surface area contributed by atoms with Crippen molar-refractivity contribution in [1.29, 1.82) is 0 Å². The Morgan fingerprint density at radius 3 is 2.86 bits per heavy atom. The van der Waals surface area contributed by atoms with Gasteiger partial charge in [-0.15, -0.1) is 0 Å². The van der Waals surface area contributed by atoms with Gasteiger partial charge in [0.1, 0.15) is 6.61 Å². The van der Waals surface area contributed by atoms with Gasteiger partial charge in [0, 0.05) is 25.3 Å². The van der Waals surface area contributed by atoms with Crippen LogP contribution in [0.5, 0.6) is 0 Å². The summed E-state index contributed by atoms with van der Waals surface area (Å²) in [7, 11) is 4.09. The normalized spacial score (nSPS) is 13.4. The summed E-state index contributed by atoms with van der Waals surface area (Å²) in [6.07, 6.45) is 1.51. The molecule has 1 aliphatic rings. The van der Waals surface area contributed by atoms with Crippen molar-refractivity contribution in [3.8, 4) is 0 Å². The molecule has 1 aromatic carbocycles. The molecule has 1 heterocycles. The van der Waals surface area contributed by atoms with Gasteiger partial charge in [0.2, 0.25) is 0 Å². The Morgan fingerprint density at radius 2 is 2.14 bits per heavy atom. The number of benzene rings is 1. The summed E-state index contributed by atoms with van der Waals surface area (Å²) in [5.74, 6) is 0. The number of anilines is 1. The van der Waals surface area contributed by atoms with E-state index in [4.69, 9.17) is 4.74 Å². The Balaban J connectivity index is 2.55. The summed E-state index contributed by atoms with van der Waals surface area (Å²) >= 11 is 0. The Hall–Kier alpha value is -1.51. The zero-order valence-electron chi connectivity index (χ0n) is 8.74. The van der Waals surface area contributed by atoms with E-state index in [1.165, 1.54) is 23.2 Å². The molecule has 0 bridgehead atoms. The van der Waals surface area contributed by atoms with E-state index >= 15 is 0 Å². The topological polar surface area (TPSA) is 24.8 Å². The highest BCUT2D eigenvalue weighted by atomic mass is 16.5. The molecular formula is C11H14N2O. The molecule has 0 unspecified atom stereocenters. The first-order chi connectivity index (χ1) is 6.70. The fourth-order valence-corrected chi connectivity index (χ4v) is 1.73. The second kappa shape index (κ2) is 3.33. The van der Waals surface area contributed by atoms with Crippen molar-refractivity contribution >= 4 is 17.8 Å². The summed E-state index contributed by atoms with van der Waals surface area (Å²) in [5.41, 5.74) is 4.70. The molecule has 0 radical (unpaired) electrons. The predicted octanol–water partition coefficient (Wildman–Crippen LogP) is 2.25. The minimum atomic E-state index is 0.631. The lowest BCUT2D eigenvalue weighted by atomic mass is 10.0. The number of fused-ring (bicyclic) bond motifs is 1. The van der Waals surface area contributed by atoms with Crippen molar-refractivity contribution in [3.63, 3.8) is 0 Å². The molecule has 2 rings (SSSR count). The first-order valence-corrected chi connectivity index (χ1v) is 4.64. The number of aliphatic imine (C=N–C) groups is 1. The maximum Gasteiger partial charge on any atom is 0.175 e. The second-order valence-corrected chi connectivity index (χ2v) is 3.65. The zero-order valence-corrected chi connectivity index (χ0v) is 8.74. The fraction of sp³-hybridized carbons (Fsp3) is 0.364. The molecule has 0 spiro atoms. The lowest BCUT2D eigenvalue weighted by Gasteiger charge is -2.20. The molecule has 0 fully saturated rings. The van der Waals surface area contributed by atoms with E-state index in [2.05, 4.69) is 22.9 Å². The van der Waals surface area contributed by atoms with Crippen LogP contribution in [0, 0.1) is 6.92 Å². The zero-order chi connectivity index (χ0) is 10.1. The van der Waals surface area contributed by atoms with Crippen LogP contribution in [0.3, 0.4) is 0 Å². The summed E-state index contributed by atoms with van der Waals surface area (Å²) in [6.45, 7) is 2.74. The van der Waals surface area contributed by atoms with Crippen LogP contribution in [0.2, 0.25) is 0 Å². The first-order valence-electron chi connectivity index (χ1n) is 4.64. The van der Waals surface area contributed by atoms with Crippen molar-refractivity contribution in [2.24, 2.45) is 4.99 Å². The molecule has 0 aliphatic carbocycles. The molecule has 3 nitrogen and oxygen atoms in total. The number of hydrogen-bond donors (Lipinski definition) is 0. The average molecular weight is 190 g/mol. The van der Waals surface area contributed by atoms with Crippen molar-refractivity contribution < 1.29 is 4.74 Å². The third-order valence-corrected chi connectivity index (χ3v) is 2.52. The minimum absolute atomic E-state index is 0.631. The van der Waals surface area contributed by atoms with Crippen molar-refractivity contribution in [1.82, 2.24) is 0 Å². The van der Waals surface area contributed by atoms with Crippen LogP contribution < -0.4 is 4.90 Å². The minimum Gasteiger partial charge on any atom is -0.478 e. The van der Waals surface area contributed by atoms with Crippen molar-refractivity contribution in [2.75, 3.05) is 19.0 Å². The molecule has 0 atom stereocenters. The monoisotopic (exact) mass is 190 g/mol. The van der Waals surface area contributed by atoms with Gasteiger partial charge in [0.25, 0.3) is 0 Å². The van der Waals surface area contributed by atoms with Gasteiger partial charge in [-0.25, -0.2) is 4.99 Å². The number of rotatable bonds is 1. The van der Waals surface area contributed by atoms with Gasteiger partial charge < -0.3 is 9.64 Å². The van der Waals surface area contributed by atoms with E-state index in [1.807, 2.05) is 20.2 Å². The van der Waals surface area contributed by atoms with Crippen LogP contribution >= 0.6 is 0 Å². The van der Waals surface area contributed by atoms with Crippen LogP contribution in [-0.2, 0) is 11.3 Å². The van der Waals surface area contributed by atoms with Crippen molar-refractivity contribution in [3.05, 3.63) is 23.3 Å². The van der Waals surface area contributed by atoms with Crippen LogP contribution in [0.25, 0.3) is 0 Å². The number of nitrogens with zero attached hydrogens (tertiary/aromatic N) is 2. The maximum absolute atomic E-state index is 5.20. The molecule has 0 saturated carbocycles. The van der Waals surface area contributed by atoms with Crippen molar-refractivity contribution in [2.45, 2.75) is 13.5 Å². The second-order valence-electron chi connectivity index (χ2n) is 3.65. The van der Waals surface area contributed by atoms with E-state index in [0.717, 1.165) is 5.69 Å². The molecule has 14 heavy (non-hydrogen) atoms. The van der Waals surface area contributed by atoms with Gasteiger partial charge in [-0.2, -0.15) is 0 Å². The molecular weight excluding hydrogens is 176 g/mol. The molecule has 0 aromatic heterocycles. The summed E-state index contributed by atoms with van der Waals surface area (Å²) < 4.78 is 5.20. The Kier molecular flexibility index (Phi) is 2.15. The van der Waals surface area contributed by atoms with Gasteiger partial charge in [0.15, 0.2) is 6.40 Å². The van der Waals surface area contributed by atoms with Gasteiger partial charge in [-0.1, -0.05) is 0 Å². The Morgan fingerprint density at radius 1 is 1.36 bits per heavy atom. The van der Waals surface area contributed by atoms with Crippen LogP contribution in [-0.4, -0.2) is 20.5 Å². The highest BCUT2D eigenvalue weighted by molar-refractivity contribution is 5.69. The lowest BCUT2D eigenvalue weighted by molar-refractivity contribution is 0.302. The molecule has 0 N–H and O–H groups in total. The third kappa shape index (κ3) is 1.35. The number of ether oxygens (including phenoxy) is 1. The molecule has 74 valence electrons. The van der Waals surface area contributed by atoms with Crippen LogP contribution in [0.15, 0.2) is 17.1 Å². The summed E-state index contributed by atoms with van der Waals surface area (Å²) in [6, 6.07) is 4.13. The SMILES string of the molecule is Cc1c(N(C)C)ccc2c1COC=N2. The molecule has 1 aliphatic heterocycles. The van der Waals surface area contributed by atoms with E-state index in [9.17, 15) is 0 Å². The molecule has 1 aromatic rings. The maximum atomic E-state index is 5.20. The van der Waals surface area contributed by atoms with Gasteiger partial charge in [0.05, 0.1) is 5.69 Å². The molecule has 0 amide bonds. The highest BCUT2D eigenvalue weighted by Gasteiger charge is 2.12. The average Bonchev–Trinajstić information content (AvgIpc) is 2.18. The largest absolute Gasteiger partial charge is 0.478 e. The first kappa shape index (κ1) is 9.06. The van der Waals surface area contributed by atoms with Gasteiger partial charge in [-0.3, -0.25) is 0 Å². The smallest absolute Gasteiger partial charge is 0.175 e. The van der Waals surface area contributed by atoms with E-state index < -0.39 is 0 Å². The van der Waals surface area contributed by atoms with E-state index in [-0.39, 0.29) is 0 Å². The van der Waals surface area contributed by atoms with Gasteiger partial charge >= 0.3 is 0 Å². The van der Waals surface area contributed by atoms with E-state index in [0.29, 0.717) is 6.61 Å². The van der Waals surface area contributed by atoms with Crippen LogP contribution in [0.1, 0.15) is 11.1 Å². The Labute approximate surface area is 84.0 Å². The summed E-state index contributed by atoms with van der Waals surface area (Å²) in [4.78, 5) is 6.29. The van der Waals surface area contributed by atoms with E-state index in [1.54, 1.807) is 0 Å². The van der Waals surface area contributed by atoms with Gasteiger partial charge in [-0.05, 0) is 24.6 Å². The number of hydrogen-bond acceptors (Lipinski definition) is 3.